The predicted octanol–water partition coefficient (Wildman–Crippen LogP) is 2.01. The largest absolute Gasteiger partial charge is 0.310 e. The second kappa shape index (κ2) is 6.90. The van der Waals surface area contributed by atoms with Gasteiger partial charge in [0, 0.05) is 30.9 Å². The Kier molecular flexibility index (Phi) is 5.20. The molecule has 1 aliphatic rings. The molecule has 2 heterocycles. The molecule has 2 unspecified atom stereocenters. The molecule has 0 aromatic carbocycles. The van der Waals surface area contributed by atoms with E-state index in [2.05, 4.69) is 34.3 Å². The molecule has 1 fully saturated rings. The summed E-state index contributed by atoms with van der Waals surface area (Å²) in [4.78, 5) is 2.62. The fraction of sp³-hybridized carbons (Fsp3) is 0.786. The van der Waals surface area contributed by atoms with Crippen LogP contribution in [0.25, 0.3) is 0 Å². The lowest BCUT2D eigenvalue weighted by Crippen LogP contribution is -2.44. The van der Waals surface area contributed by atoms with Gasteiger partial charge in [0.15, 0.2) is 0 Å². The van der Waals surface area contributed by atoms with Crippen LogP contribution in [0.1, 0.15) is 38.7 Å². The van der Waals surface area contributed by atoms with E-state index >= 15 is 0 Å². The number of hydrogen-bond acceptors (Lipinski definition) is 3. The molecule has 1 aliphatic heterocycles. The van der Waals surface area contributed by atoms with Crippen molar-refractivity contribution >= 4 is 0 Å². The molecular formula is C14H26N4. The van der Waals surface area contributed by atoms with Crippen LogP contribution in [0.15, 0.2) is 12.4 Å². The first-order valence-corrected chi connectivity index (χ1v) is 7.23. The summed E-state index contributed by atoms with van der Waals surface area (Å²) in [6.45, 7) is 9.31. The number of aromatic nitrogens is 2. The molecule has 1 aromatic rings. The molecule has 1 saturated heterocycles. The number of aromatic amines is 1. The molecule has 102 valence electrons. The van der Waals surface area contributed by atoms with Crippen LogP contribution in [-0.4, -0.2) is 40.8 Å². The summed E-state index contributed by atoms with van der Waals surface area (Å²) in [7, 11) is 0. The predicted molar refractivity (Wildman–Crippen MR) is 74.3 cm³/mol. The summed E-state index contributed by atoms with van der Waals surface area (Å²) >= 11 is 0. The van der Waals surface area contributed by atoms with Crippen molar-refractivity contribution in [2.45, 2.75) is 45.7 Å². The zero-order valence-electron chi connectivity index (χ0n) is 11.7. The number of likely N-dealkylation sites (tertiary alicyclic amines) is 1. The maximum atomic E-state index is 3.98. The van der Waals surface area contributed by atoms with Gasteiger partial charge in [0.1, 0.15) is 0 Å². The molecule has 0 aliphatic carbocycles. The average molecular weight is 250 g/mol. The normalized spacial score (nSPS) is 23.1. The van der Waals surface area contributed by atoms with E-state index in [1.165, 1.54) is 44.5 Å². The van der Waals surface area contributed by atoms with Crippen molar-refractivity contribution in [3.05, 3.63) is 18.0 Å². The van der Waals surface area contributed by atoms with Gasteiger partial charge in [0.25, 0.3) is 0 Å². The molecule has 18 heavy (non-hydrogen) atoms. The van der Waals surface area contributed by atoms with E-state index in [4.69, 9.17) is 0 Å². The van der Waals surface area contributed by atoms with Crippen molar-refractivity contribution in [1.29, 1.82) is 0 Å². The highest BCUT2D eigenvalue weighted by molar-refractivity contribution is 5.02. The molecule has 0 saturated carbocycles. The van der Waals surface area contributed by atoms with Crippen LogP contribution in [0.3, 0.4) is 0 Å². The summed E-state index contributed by atoms with van der Waals surface area (Å²) in [6.07, 6.45) is 7.83. The third-order valence-electron chi connectivity index (χ3n) is 3.97. The lowest BCUT2D eigenvalue weighted by atomic mass is 9.91. The quantitative estimate of drug-likeness (QED) is 0.812. The molecule has 0 bridgehead atoms. The monoisotopic (exact) mass is 250 g/mol. The number of piperidine rings is 1. The summed E-state index contributed by atoms with van der Waals surface area (Å²) in [5.41, 5.74) is 1.24. The summed E-state index contributed by atoms with van der Waals surface area (Å²) in [5.74, 6) is 0.789. The molecule has 2 N–H and O–H groups in total. The summed E-state index contributed by atoms with van der Waals surface area (Å²) in [5, 5.41) is 10.5. The first kappa shape index (κ1) is 13.6. The van der Waals surface area contributed by atoms with Crippen LogP contribution < -0.4 is 5.32 Å². The topological polar surface area (TPSA) is 44.0 Å². The number of hydrogen-bond donors (Lipinski definition) is 2. The Bertz CT molecular complexity index is 321. The minimum atomic E-state index is 0.583. The number of rotatable bonds is 6. The number of H-pyrrole nitrogens is 1. The van der Waals surface area contributed by atoms with Gasteiger partial charge in [0.05, 0.1) is 6.20 Å². The van der Waals surface area contributed by atoms with Gasteiger partial charge in [-0.3, -0.25) is 5.10 Å². The molecule has 2 rings (SSSR count). The van der Waals surface area contributed by atoms with Gasteiger partial charge in [-0.15, -0.1) is 0 Å². The van der Waals surface area contributed by atoms with E-state index in [1.807, 2.05) is 12.4 Å². The van der Waals surface area contributed by atoms with Crippen molar-refractivity contribution < 1.29 is 0 Å². The van der Waals surface area contributed by atoms with Crippen molar-refractivity contribution in [2.75, 3.05) is 19.6 Å². The Labute approximate surface area is 110 Å². The van der Waals surface area contributed by atoms with E-state index in [-0.39, 0.29) is 0 Å². The van der Waals surface area contributed by atoms with E-state index in [0.717, 1.165) is 12.5 Å². The maximum absolute atomic E-state index is 3.98. The Balaban J connectivity index is 1.75. The Morgan fingerprint density at radius 1 is 1.61 bits per heavy atom. The van der Waals surface area contributed by atoms with Crippen molar-refractivity contribution in [1.82, 2.24) is 20.4 Å². The second-order valence-electron chi connectivity index (χ2n) is 5.48. The Morgan fingerprint density at radius 2 is 2.50 bits per heavy atom. The van der Waals surface area contributed by atoms with Crippen LogP contribution in [0.4, 0.5) is 0 Å². The van der Waals surface area contributed by atoms with Gasteiger partial charge in [0.2, 0.25) is 0 Å². The summed E-state index contributed by atoms with van der Waals surface area (Å²) < 4.78 is 0. The number of nitrogens with one attached hydrogen (secondary N) is 2. The standard InChI is InChI=1S/C14H26N4/c1-3-6-18-7-4-5-14(11-18)12(2)15-8-13-9-16-17-10-13/h9-10,12,14-15H,3-8,11H2,1-2H3,(H,16,17). The van der Waals surface area contributed by atoms with Gasteiger partial charge in [-0.25, -0.2) is 0 Å². The first-order chi connectivity index (χ1) is 8.79. The van der Waals surface area contributed by atoms with E-state index < -0.39 is 0 Å². The summed E-state index contributed by atoms with van der Waals surface area (Å²) in [6, 6.07) is 0.583. The number of nitrogens with zero attached hydrogens (tertiary/aromatic N) is 2. The fourth-order valence-corrected chi connectivity index (χ4v) is 2.84. The Hall–Kier alpha value is -0.870. The van der Waals surface area contributed by atoms with Gasteiger partial charge >= 0.3 is 0 Å². The molecular weight excluding hydrogens is 224 g/mol. The smallest absolute Gasteiger partial charge is 0.0532 e. The van der Waals surface area contributed by atoms with Gasteiger partial charge in [-0.2, -0.15) is 5.10 Å². The third kappa shape index (κ3) is 3.82. The molecule has 0 amide bonds. The van der Waals surface area contributed by atoms with Crippen molar-refractivity contribution in [2.24, 2.45) is 5.92 Å². The fourth-order valence-electron chi connectivity index (χ4n) is 2.84. The first-order valence-electron chi connectivity index (χ1n) is 7.23. The van der Waals surface area contributed by atoms with Crippen molar-refractivity contribution in [3.63, 3.8) is 0 Å². The molecule has 4 nitrogen and oxygen atoms in total. The minimum Gasteiger partial charge on any atom is -0.310 e. The highest BCUT2D eigenvalue weighted by Gasteiger charge is 2.23. The van der Waals surface area contributed by atoms with Gasteiger partial charge in [-0.05, 0) is 45.2 Å². The van der Waals surface area contributed by atoms with Crippen molar-refractivity contribution in [3.8, 4) is 0 Å². The zero-order valence-corrected chi connectivity index (χ0v) is 11.7. The minimum absolute atomic E-state index is 0.583. The van der Waals surface area contributed by atoms with Crippen LogP contribution in [0, 0.1) is 5.92 Å². The van der Waals surface area contributed by atoms with E-state index in [1.54, 1.807) is 0 Å². The van der Waals surface area contributed by atoms with Gasteiger partial charge in [-0.1, -0.05) is 6.92 Å². The SMILES string of the molecule is CCCN1CCCC(C(C)NCc2cn[nH]c2)C1. The maximum Gasteiger partial charge on any atom is 0.0532 e. The highest BCUT2D eigenvalue weighted by atomic mass is 15.1. The van der Waals surface area contributed by atoms with Crippen LogP contribution >= 0.6 is 0 Å². The third-order valence-corrected chi connectivity index (χ3v) is 3.97. The second-order valence-corrected chi connectivity index (χ2v) is 5.48. The Morgan fingerprint density at radius 3 is 3.22 bits per heavy atom. The lowest BCUT2D eigenvalue weighted by molar-refractivity contribution is 0.150. The van der Waals surface area contributed by atoms with E-state index in [0.29, 0.717) is 6.04 Å². The van der Waals surface area contributed by atoms with Gasteiger partial charge < -0.3 is 10.2 Å². The van der Waals surface area contributed by atoms with E-state index in [9.17, 15) is 0 Å². The highest BCUT2D eigenvalue weighted by Crippen LogP contribution is 2.20. The molecule has 1 aromatic heterocycles. The molecule has 2 atom stereocenters. The van der Waals surface area contributed by atoms with Crippen LogP contribution in [0.2, 0.25) is 0 Å². The van der Waals surface area contributed by atoms with Crippen LogP contribution in [-0.2, 0) is 6.54 Å². The molecule has 0 spiro atoms. The average Bonchev–Trinajstić information content (AvgIpc) is 2.90. The molecule has 0 radical (unpaired) electrons. The lowest BCUT2D eigenvalue weighted by Gasteiger charge is -2.36. The van der Waals surface area contributed by atoms with Crippen LogP contribution in [0.5, 0.6) is 0 Å². The molecule has 4 heteroatoms. The zero-order chi connectivity index (χ0) is 12.8.